The van der Waals surface area contributed by atoms with E-state index in [0.717, 1.165) is 44.0 Å². The number of hydrogen-bond donors (Lipinski definition) is 2. The minimum Gasteiger partial charge on any atom is -0.504 e. The third-order valence-electron chi connectivity index (χ3n) is 5.11. The molecule has 1 heterocycles. The summed E-state index contributed by atoms with van der Waals surface area (Å²) in [5.41, 5.74) is 0.235. The second kappa shape index (κ2) is 9.51. The lowest BCUT2D eigenvalue weighted by Crippen LogP contribution is -2.46. The molecule has 8 nitrogen and oxygen atoms in total. The first-order valence-electron chi connectivity index (χ1n) is 9.43. The van der Waals surface area contributed by atoms with Crippen LogP contribution in [-0.4, -0.2) is 58.5 Å². The van der Waals surface area contributed by atoms with E-state index in [1.165, 1.54) is 0 Å². The summed E-state index contributed by atoms with van der Waals surface area (Å²) in [4.78, 5) is 26.9. The van der Waals surface area contributed by atoms with Gasteiger partial charge in [-0.05, 0) is 31.2 Å². The van der Waals surface area contributed by atoms with Crippen molar-refractivity contribution in [1.29, 1.82) is 0 Å². The van der Waals surface area contributed by atoms with Crippen molar-refractivity contribution < 1.29 is 19.9 Å². The number of nitro groups is 1. The standard InChI is InChI=1S/C20H21Cl2N3O5/c21-14-3-1-4-15(19(14)22)24-9-7-23(8-10-24)6-2-5-17(26)13-11-16(25(29)30)20(28)18(27)12-13/h1,3-4,11-12,27-28H,2,5-10H2. The number of aromatic hydroxyl groups is 2. The Hall–Kier alpha value is -2.55. The Morgan fingerprint density at radius 3 is 2.50 bits per heavy atom. The van der Waals surface area contributed by atoms with Crippen molar-refractivity contribution in [2.75, 3.05) is 37.6 Å². The van der Waals surface area contributed by atoms with Crippen LogP contribution in [0.3, 0.4) is 0 Å². The van der Waals surface area contributed by atoms with E-state index in [-0.39, 0.29) is 17.8 Å². The predicted molar refractivity (Wildman–Crippen MR) is 115 cm³/mol. The maximum Gasteiger partial charge on any atom is 0.315 e. The number of nitrogens with zero attached hydrogens (tertiary/aromatic N) is 3. The molecule has 160 valence electrons. The summed E-state index contributed by atoms with van der Waals surface area (Å²) in [7, 11) is 0. The molecule has 1 saturated heterocycles. The number of phenols is 2. The van der Waals surface area contributed by atoms with Crippen LogP contribution in [-0.2, 0) is 0 Å². The van der Waals surface area contributed by atoms with Gasteiger partial charge in [-0.25, -0.2) is 0 Å². The maximum absolute atomic E-state index is 12.4. The highest BCUT2D eigenvalue weighted by molar-refractivity contribution is 6.43. The number of carbonyl (C=O) groups is 1. The Morgan fingerprint density at radius 2 is 1.83 bits per heavy atom. The second-order valence-corrected chi connectivity index (χ2v) is 7.83. The first kappa shape index (κ1) is 22.1. The number of benzene rings is 2. The lowest BCUT2D eigenvalue weighted by atomic mass is 10.0. The summed E-state index contributed by atoms with van der Waals surface area (Å²) < 4.78 is 0. The summed E-state index contributed by atoms with van der Waals surface area (Å²) in [5.74, 6) is -1.84. The molecule has 0 saturated carbocycles. The zero-order valence-corrected chi connectivity index (χ0v) is 17.6. The maximum atomic E-state index is 12.4. The fourth-order valence-electron chi connectivity index (χ4n) is 3.46. The Bertz CT molecular complexity index is 962. The van der Waals surface area contributed by atoms with E-state index in [1.54, 1.807) is 6.07 Å². The summed E-state index contributed by atoms with van der Waals surface area (Å²) in [6.07, 6.45) is 0.758. The largest absolute Gasteiger partial charge is 0.504 e. The van der Waals surface area contributed by atoms with E-state index in [4.69, 9.17) is 23.2 Å². The van der Waals surface area contributed by atoms with E-state index in [9.17, 15) is 25.1 Å². The fourth-order valence-corrected chi connectivity index (χ4v) is 3.88. The molecule has 1 fully saturated rings. The van der Waals surface area contributed by atoms with Crippen LogP contribution in [0.25, 0.3) is 0 Å². The second-order valence-electron chi connectivity index (χ2n) is 7.05. The van der Waals surface area contributed by atoms with Crippen LogP contribution in [0.15, 0.2) is 30.3 Å². The summed E-state index contributed by atoms with van der Waals surface area (Å²) in [6.45, 7) is 3.89. The molecule has 0 amide bonds. The zero-order valence-electron chi connectivity index (χ0n) is 16.1. The van der Waals surface area contributed by atoms with Crippen LogP contribution in [0.2, 0.25) is 10.0 Å². The molecule has 30 heavy (non-hydrogen) atoms. The number of phenolic OH excluding ortho intramolecular Hbond substituents is 2. The molecule has 1 aliphatic rings. The molecule has 0 aliphatic carbocycles. The molecule has 0 aromatic heterocycles. The van der Waals surface area contributed by atoms with Gasteiger partial charge in [0.25, 0.3) is 0 Å². The zero-order chi connectivity index (χ0) is 21.8. The van der Waals surface area contributed by atoms with Crippen molar-refractivity contribution in [3.8, 4) is 11.5 Å². The molecule has 3 rings (SSSR count). The number of nitro benzene ring substituents is 1. The van der Waals surface area contributed by atoms with E-state index < -0.39 is 22.1 Å². The van der Waals surface area contributed by atoms with Crippen molar-refractivity contribution in [2.45, 2.75) is 12.8 Å². The molecule has 0 radical (unpaired) electrons. The lowest BCUT2D eigenvalue weighted by Gasteiger charge is -2.36. The minimum atomic E-state index is -0.839. The molecular weight excluding hydrogens is 433 g/mol. The predicted octanol–water partition coefficient (Wildman–Crippen LogP) is 4.10. The minimum absolute atomic E-state index is 0.0115. The number of anilines is 1. The Balaban J connectivity index is 1.50. The van der Waals surface area contributed by atoms with Crippen molar-refractivity contribution in [3.05, 3.63) is 56.1 Å². The lowest BCUT2D eigenvalue weighted by molar-refractivity contribution is -0.386. The highest BCUT2D eigenvalue weighted by Gasteiger charge is 2.22. The third kappa shape index (κ3) is 4.95. The van der Waals surface area contributed by atoms with E-state index in [1.807, 2.05) is 12.1 Å². The van der Waals surface area contributed by atoms with Gasteiger partial charge in [-0.15, -0.1) is 0 Å². The van der Waals surface area contributed by atoms with Gasteiger partial charge in [-0.3, -0.25) is 19.8 Å². The van der Waals surface area contributed by atoms with E-state index in [0.29, 0.717) is 23.0 Å². The van der Waals surface area contributed by atoms with Gasteiger partial charge in [-0.1, -0.05) is 29.3 Å². The molecule has 2 N–H and O–H groups in total. The Labute approximate surface area is 183 Å². The number of ketones is 1. The number of hydrogen-bond acceptors (Lipinski definition) is 7. The topological polar surface area (TPSA) is 107 Å². The Kier molecular flexibility index (Phi) is 7.02. The number of Topliss-reactive ketones (excluding diaryl/α,β-unsaturated/α-hetero) is 1. The normalized spacial score (nSPS) is 14.7. The van der Waals surface area contributed by atoms with Crippen molar-refractivity contribution >= 4 is 40.4 Å². The van der Waals surface area contributed by atoms with Crippen molar-refractivity contribution in [2.24, 2.45) is 0 Å². The van der Waals surface area contributed by atoms with Gasteiger partial charge in [-0.2, -0.15) is 0 Å². The van der Waals surface area contributed by atoms with Gasteiger partial charge in [0.1, 0.15) is 0 Å². The number of rotatable bonds is 7. The molecule has 0 spiro atoms. The van der Waals surface area contributed by atoms with E-state index >= 15 is 0 Å². The average molecular weight is 454 g/mol. The molecule has 0 atom stereocenters. The Morgan fingerprint density at radius 1 is 1.13 bits per heavy atom. The van der Waals surface area contributed by atoms with Crippen LogP contribution in [0.1, 0.15) is 23.2 Å². The quantitative estimate of drug-likeness (QED) is 0.281. The van der Waals surface area contributed by atoms with Gasteiger partial charge < -0.3 is 15.1 Å². The summed E-state index contributed by atoms with van der Waals surface area (Å²) in [6, 6.07) is 7.61. The molecule has 2 aromatic carbocycles. The van der Waals surface area contributed by atoms with Crippen LogP contribution in [0, 0.1) is 10.1 Å². The molecular formula is C20H21Cl2N3O5. The van der Waals surface area contributed by atoms with Gasteiger partial charge in [0.2, 0.25) is 5.75 Å². The van der Waals surface area contributed by atoms with Crippen LogP contribution in [0.5, 0.6) is 11.5 Å². The molecule has 0 bridgehead atoms. The van der Waals surface area contributed by atoms with Crippen LogP contribution < -0.4 is 4.90 Å². The molecule has 10 heteroatoms. The average Bonchev–Trinajstić information content (AvgIpc) is 2.72. The molecule has 1 aliphatic heterocycles. The highest BCUT2D eigenvalue weighted by atomic mass is 35.5. The number of piperazine rings is 1. The highest BCUT2D eigenvalue weighted by Crippen LogP contribution is 2.36. The summed E-state index contributed by atoms with van der Waals surface area (Å²) >= 11 is 12.4. The van der Waals surface area contributed by atoms with Crippen molar-refractivity contribution in [3.63, 3.8) is 0 Å². The van der Waals surface area contributed by atoms with Gasteiger partial charge in [0.05, 0.1) is 20.7 Å². The number of halogens is 2. The van der Waals surface area contributed by atoms with Gasteiger partial charge >= 0.3 is 5.69 Å². The van der Waals surface area contributed by atoms with Gasteiger partial charge in [0, 0.05) is 44.2 Å². The van der Waals surface area contributed by atoms with Crippen LogP contribution in [0.4, 0.5) is 11.4 Å². The smallest absolute Gasteiger partial charge is 0.315 e. The monoisotopic (exact) mass is 453 g/mol. The third-order valence-corrected chi connectivity index (χ3v) is 5.92. The summed E-state index contributed by atoms with van der Waals surface area (Å²) in [5, 5.41) is 31.2. The molecule has 0 unspecified atom stereocenters. The van der Waals surface area contributed by atoms with Crippen LogP contribution >= 0.6 is 23.2 Å². The first-order chi connectivity index (χ1) is 14.3. The molecule has 2 aromatic rings. The van der Waals surface area contributed by atoms with Gasteiger partial charge in [0.15, 0.2) is 11.5 Å². The fraction of sp³-hybridized carbons (Fsp3) is 0.350. The SMILES string of the molecule is O=C(CCCN1CCN(c2cccc(Cl)c2Cl)CC1)c1cc(O)c(O)c([N+](=O)[O-])c1. The van der Waals surface area contributed by atoms with Crippen molar-refractivity contribution in [1.82, 2.24) is 4.90 Å². The first-order valence-corrected chi connectivity index (χ1v) is 10.2. The number of carbonyl (C=O) groups excluding carboxylic acids is 1. The van der Waals surface area contributed by atoms with E-state index in [2.05, 4.69) is 9.80 Å².